The Kier molecular flexibility index (Phi) is 7.13. The Morgan fingerprint density at radius 2 is 1.56 bits per heavy atom. The molecule has 0 unspecified atom stereocenters. The predicted octanol–water partition coefficient (Wildman–Crippen LogP) is 4.73. The number of carbonyl (C=O) groups excluding carboxylic acids is 2. The van der Waals surface area contributed by atoms with Crippen molar-refractivity contribution in [2.45, 2.75) is 20.3 Å². The summed E-state index contributed by atoms with van der Waals surface area (Å²) >= 11 is 0. The molecule has 2 amide bonds. The highest BCUT2D eigenvalue weighted by Crippen LogP contribution is 2.21. The molecule has 0 fully saturated rings. The van der Waals surface area contributed by atoms with Gasteiger partial charge in [0.2, 0.25) is 11.7 Å². The van der Waals surface area contributed by atoms with Gasteiger partial charge in [0.1, 0.15) is 6.54 Å². The fourth-order valence-electron chi connectivity index (χ4n) is 3.67. The van der Waals surface area contributed by atoms with Crippen molar-refractivity contribution in [1.29, 1.82) is 0 Å². The van der Waals surface area contributed by atoms with Crippen molar-refractivity contribution in [2.24, 2.45) is 0 Å². The van der Waals surface area contributed by atoms with Crippen molar-refractivity contribution < 1.29 is 9.59 Å². The predicted molar refractivity (Wildman–Crippen MR) is 133 cm³/mol. The lowest BCUT2D eigenvalue weighted by Gasteiger charge is -2.20. The number of benzene rings is 3. The maximum Gasteiger partial charge on any atom is 0.294 e. The number of nitrogens with one attached hydrogen (secondary N) is 1. The van der Waals surface area contributed by atoms with Crippen molar-refractivity contribution in [1.82, 2.24) is 19.7 Å². The lowest BCUT2D eigenvalue weighted by Crippen LogP contribution is -2.39. The molecule has 0 bridgehead atoms. The van der Waals surface area contributed by atoms with E-state index in [1.807, 2.05) is 98.8 Å². The molecular formula is C27H27N5O2. The topological polar surface area (TPSA) is 80.1 Å². The lowest BCUT2D eigenvalue weighted by molar-refractivity contribution is -0.116. The molecule has 0 saturated carbocycles. The fourth-order valence-corrected chi connectivity index (χ4v) is 3.67. The zero-order chi connectivity index (χ0) is 23.9. The second-order valence-electron chi connectivity index (χ2n) is 7.96. The largest absolute Gasteiger partial charge is 0.327 e. The van der Waals surface area contributed by atoms with E-state index in [4.69, 9.17) is 0 Å². The number of anilines is 1. The Balaban J connectivity index is 1.62. The summed E-state index contributed by atoms with van der Waals surface area (Å²) in [6, 6.07) is 26.7. The Hall–Kier alpha value is -4.26. The van der Waals surface area contributed by atoms with Gasteiger partial charge in [-0.05, 0) is 37.1 Å². The summed E-state index contributed by atoms with van der Waals surface area (Å²) in [7, 11) is 0. The van der Waals surface area contributed by atoms with Gasteiger partial charge in [-0.25, -0.2) is 9.67 Å². The first kappa shape index (κ1) is 22.9. The molecule has 0 radical (unpaired) electrons. The van der Waals surface area contributed by atoms with Crippen LogP contribution in [-0.2, 0) is 4.79 Å². The first-order valence-electron chi connectivity index (χ1n) is 11.3. The monoisotopic (exact) mass is 453 g/mol. The molecule has 1 heterocycles. The molecule has 7 heteroatoms. The third kappa shape index (κ3) is 5.20. The average molecular weight is 454 g/mol. The van der Waals surface area contributed by atoms with Gasteiger partial charge >= 0.3 is 0 Å². The fraction of sp³-hybridized carbons (Fsp3) is 0.185. The van der Waals surface area contributed by atoms with Crippen LogP contribution in [0.4, 0.5) is 5.69 Å². The van der Waals surface area contributed by atoms with Gasteiger partial charge < -0.3 is 10.2 Å². The van der Waals surface area contributed by atoms with Gasteiger partial charge in [-0.2, -0.15) is 0 Å². The normalized spacial score (nSPS) is 10.6. The zero-order valence-electron chi connectivity index (χ0n) is 19.3. The second-order valence-corrected chi connectivity index (χ2v) is 7.96. The second kappa shape index (κ2) is 10.6. The molecule has 4 rings (SSSR count). The van der Waals surface area contributed by atoms with Crippen LogP contribution >= 0.6 is 0 Å². The van der Waals surface area contributed by atoms with E-state index < -0.39 is 0 Å². The van der Waals surface area contributed by atoms with Crippen molar-refractivity contribution >= 4 is 17.5 Å². The summed E-state index contributed by atoms with van der Waals surface area (Å²) in [6.45, 7) is 4.23. The first-order chi connectivity index (χ1) is 16.6. The summed E-state index contributed by atoms with van der Waals surface area (Å²) in [5.74, 6) is -0.0219. The molecule has 7 nitrogen and oxygen atoms in total. The van der Waals surface area contributed by atoms with Gasteiger partial charge in [-0.1, -0.05) is 73.7 Å². The molecule has 0 atom stereocenters. The number of carbonyl (C=O) groups is 2. The zero-order valence-corrected chi connectivity index (χ0v) is 19.3. The van der Waals surface area contributed by atoms with Gasteiger partial charge in [0.25, 0.3) is 5.91 Å². The van der Waals surface area contributed by atoms with Gasteiger partial charge in [-0.15, -0.1) is 5.10 Å². The molecule has 3 aromatic carbocycles. The Labute approximate surface area is 199 Å². The molecule has 1 aromatic heterocycles. The van der Waals surface area contributed by atoms with E-state index in [1.165, 1.54) is 4.90 Å². The molecule has 1 N–H and O–H groups in total. The highest BCUT2D eigenvalue weighted by atomic mass is 16.2. The number of nitrogens with zero attached hydrogens (tertiary/aromatic N) is 4. The lowest BCUT2D eigenvalue weighted by atomic mass is 10.2. The SMILES string of the molecule is CCCN(CC(=O)Nc1ccccc1C)C(=O)c1nc(-c2ccccc2)n(-c2ccccc2)n1. The van der Waals surface area contributed by atoms with Crippen LogP contribution in [0.3, 0.4) is 0 Å². The quantitative estimate of drug-likeness (QED) is 0.418. The molecule has 172 valence electrons. The number of para-hydroxylation sites is 2. The van der Waals surface area contributed by atoms with Crippen LogP contribution in [0.25, 0.3) is 17.1 Å². The Morgan fingerprint density at radius 1 is 0.912 bits per heavy atom. The van der Waals surface area contributed by atoms with Gasteiger partial charge in [0.15, 0.2) is 5.82 Å². The van der Waals surface area contributed by atoms with Gasteiger partial charge in [-0.3, -0.25) is 9.59 Å². The highest BCUT2D eigenvalue weighted by Gasteiger charge is 2.25. The maximum absolute atomic E-state index is 13.4. The summed E-state index contributed by atoms with van der Waals surface area (Å²) in [4.78, 5) is 32.3. The van der Waals surface area contributed by atoms with Crippen LogP contribution < -0.4 is 5.32 Å². The van der Waals surface area contributed by atoms with Crippen molar-refractivity contribution in [3.05, 3.63) is 96.3 Å². The summed E-state index contributed by atoms with van der Waals surface area (Å²) in [5.41, 5.74) is 3.33. The van der Waals surface area contributed by atoms with E-state index in [-0.39, 0.29) is 24.2 Å². The summed E-state index contributed by atoms with van der Waals surface area (Å²) in [5, 5.41) is 7.44. The number of amides is 2. The van der Waals surface area contributed by atoms with Crippen LogP contribution in [0.2, 0.25) is 0 Å². The Bertz CT molecular complexity index is 1210. The van der Waals surface area contributed by atoms with Crippen LogP contribution in [0.15, 0.2) is 84.9 Å². The number of aromatic nitrogens is 3. The molecule has 0 aliphatic heterocycles. The highest BCUT2D eigenvalue weighted by molar-refractivity contribution is 5.98. The van der Waals surface area contributed by atoms with Crippen LogP contribution in [0.1, 0.15) is 29.5 Å². The molecule has 0 aliphatic carbocycles. The van der Waals surface area contributed by atoms with Crippen LogP contribution in [0.5, 0.6) is 0 Å². The minimum Gasteiger partial charge on any atom is -0.327 e. The van der Waals surface area contributed by atoms with E-state index in [2.05, 4.69) is 15.4 Å². The van der Waals surface area contributed by atoms with E-state index in [1.54, 1.807) is 4.68 Å². The summed E-state index contributed by atoms with van der Waals surface area (Å²) in [6.07, 6.45) is 0.703. The number of rotatable bonds is 8. The van der Waals surface area contributed by atoms with Crippen molar-refractivity contribution in [3.63, 3.8) is 0 Å². The van der Waals surface area contributed by atoms with E-state index >= 15 is 0 Å². The minimum absolute atomic E-state index is 0.0554. The van der Waals surface area contributed by atoms with Crippen molar-refractivity contribution in [3.8, 4) is 17.1 Å². The third-order valence-corrected chi connectivity index (χ3v) is 5.37. The van der Waals surface area contributed by atoms with E-state index in [0.717, 1.165) is 22.5 Å². The van der Waals surface area contributed by atoms with E-state index in [0.29, 0.717) is 18.8 Å². The van der Waals surface area contributed by atoms with Crippen molar-refractivity contribution in [2.75, 3.05) is 18.4 Å². The van der Waals surface area contributed by atoms with E-state index in [9.17, 15) is 9.59 Å². The number of hydrogen-bond donors (Lipinski definition) is 1. The molecule has 0 aliphatic rings. The van der Waals surface area contributed by atoms with Gasteiger partial charge in [0, 0.05) is 17.8 Å². The van der Waals surface area contributed by atoms with Crippen LogP contribution in [0, 0.1) is 6.92 Å². The standard InChI is InChI=1S/C27H27N5O2/c1-3-18-31(19-24(33)28-23-17-11-10-12-20(23)2)27(34)25-29-26(21-13-6-4-7-14-21)32(30-25)22-15-8-5-9-16-22/h4-17H,3,18-19H2,1-2H3,(H,28,33). The summed E-state index contributed by atoms with van der Waals surface area (Å²) < 4.78 is 1.67. The molecule has 34 heavy (non-hydrogen) atoms. The van der Waals surface area contributed by atoms with Crippen LogP contribution in [-0.4, -0.2) is 44.6 Å². The number of aryl methyl sites for hydroxylation is 1. The third-order valence-electron chi connectivity index (χ3n) is 5.37. The molecular weight excluding hydrogens is 426 g/mol. The minimum atomic E-state index is -0.381. The molecule has 0 spiro atoms. The Morgan fingerprint density at radius 3 is 2.24 bits per heavy atom. The average Bonchev–Trinajstić information content (AvgIpc) is 3.31. The molecule has 0 saturated heterocycles. The first-order valence-corrected chi connectivity index (χ1v) is 11.3. The van der Waals surface area contributed by atoms with Gasteiger partial charge in [0.05, 0.1) is 5.69 Å². The smallest absolute Gasteiger partial charge is 0.294 e. The molecule has 4 aromatic rings. The maximum atomic E-state index is 13.4. The number of hydrogen-bond acceptors (Lipinski definition) is 4.